The van der Waals surface area contributed by atoms with Gasteiger partial charge in [0, 0.05) is 5.56 Å². The lowest BCUT2D eigenvalue weighted by Crippen LogP contribution is -1.97. The van der Waals surface area contributed by atoms with Crippen molar-refractivity contribution in [2.24, 2.45) is 5.10 Å². The molecule has 0 radical (unpaired) electrons. The Bertz CT molecular complexity index is 570. The van der Waals surface area contributed by atoms with E-state index in [1.807, 2.05) is 13.8 Å². The molecule has 0 amide bonds. The van der Waals surface area contributed by atoms with Gasteiger partial charge >= 0.3 is 0 Å². The molecule has 0 aliphatic rings. The highest BCUT2D eigenvalue weighted by Crippen LogP contribution is 2.28. The van der Waals surface area contributed by atoms with Gasteiger partial charge in [-0.05, 0) is 26.0 Å². The first-order chi connectivity index (χ1) is 8.63. The number of methoxy groups -OCH3 is 1. The molecule has 0 saturated carbocycles. The minimum absolute atomic E-state index is 0.0622. The van der Waals surface area contributed by atoms with Crippen LogP contribution in [0.15, 0.2) is 23.3 Å². The van der Waals surface area contributed by atoms with Gasteiger partial charge in [-0.3, -0.25) is 0 Å². The fourth-order valence-corrected chi connectivity index (χ4v) is 1.56. The topological polar surface area (TPSA) is 72.5 Å². The zero-order chi connectivity index (χ0) is 13.1. The minimum atomic E-state index is 0.0622. The second-order valence-electron chi connectivity index (χ2n) is 3.75. The second kappa shape index (κ2) is 4.87. The van der Waals surface area contributed by atoms with Crippen LogP contribution in [0, 0.1) is 13.8 Å². The summed E-state index contributed by atoms with van der Waals surface area (Å²) < 4.78 is 6.62. The summed E-state index contributed by atoms with van der Waals surface area (Å²) in [4.78, 5) is 0. The van der Waals surface area contributed by atoms with Crippen LogP contribution in [0.25, 0.3) is 0 Å². The first-order valence-corrected chi connectivity index (χ1v) is 5.42. The molecule has 1 N–H and O–H groups in total. The molecule has 0 aliphatic carbocycles. The highest BCUT2D eigenvalue weighted by molar-refractivity contribution is 5.84. The molecule has 0 fully saturated rings. The normalized spacial score (nSPS) is 11.1. The van der Waals surface area contributed by atoms with Crippen LogP contribution in [0.3, 0.4) is 0 Å². The molecule has 0 saturated heterocycles. The third-order valence-electron chi connectivity index (χ3n) is 2.51. The predicted octanol–water partition coefficient (Wildman–Crippen LogP) is 1.49. The van der Waals surface area contributed by atoms with Crippen molar-refractivity contribution < 1.29 is 9.84 Å². The van der Waals surface area contributed by atoms with Gasteiger partial charge in [0.05, 0.1) is 13.3 Å². The molecule has 1 aromatic carbocycles. The lowest BCUT2D eigenvalue weighted by atomic mass is 10.2. The number of aromatic hydroxyl groups is 1. The Balaban J connectivity index is 2.35. The molecule has 0 unspecified atom stereocenters. The third-order valence-corrected chi connectivity index (χ3v) is 2.51. The molecule has 1 aromatic heterocycles. The molecular weight excluding hydrogens is 232 g/mol. The van der Waals surface area contributed by atoms with Crippen LogP contribution >= 0.6 is 0 Å². The van der Waals surface area contributed by atoms with Gasteiger partial charge in [-0.1, -0.05) is 6.07 Å². The Labute approximate surface area is 105 Å². The lowest BCUT2D eigenvalue weighted by molar-refractivity contribution is 0.373. The number of hydrogen-bond donors (Lipinski definition) is 1. The smallest absolute Gasteiger partial charge is 0.166 e. The number of hydrogen-bond acceptors (Lipinski definition) is 5. The average Bonchev–Trinajstić information content (AvgIpc) is 2.68. The molecule has 0 bridgehead atoms. The molecule has 6 nitrogen and oxygen atoms in total. The largest absolute Gasteiger partial charge is 0.504 e. The van der Waals surface area contributed by atoms with Crippen molar-refractivity contribution >= 4 is 6.21 Å². The van der Waals surface area contributed by atoms with E-state index < -0.39 is 0 Å². The van der Waals surface area contributed by atoms with Gasteiger partial charge in [-0.2, -0.15) is 5.10 Å². The minimum Gasteiger partial charge on any atom is -0.504 e. The van der Waals surface area contributed by atoms with Gasteiger partial charge in [0.1, 0.15) is 0 Å². The van der Waals surface area contributed by atoms with Crippen LogP contribution in [0.1, 0.15) is 17.2 Å². The van der Waals surface area contributed by atoms with Crippen molar-refractivity contribution in [3.8, 4) is 11.5 Å². The van der Waals surface area contributed by atoms with Crippen LogP contribution in [0.2, 0.25) is 0 Å². The Kier molecular flexibility index (Phi) is 3.27. The van der Waals surface area contributed by atoms with Crippen molar-refractivity contribution in [2.75, 3.05) is 7.11 Å². The highest BCUT2D eigenvalue weighted by Gasteiger charge is 2.06. The summed E-state index contributed by atoms with van der Waals surface area (Å²) in [6.45, 7) is 3.62. The fourth-order valence-electron chi connectivity index (χ4n) is 1.56. The first-order valence-electron chi connectivity index (χ1n) is 5.42. The van der Waals surface area contributed by atoms with E-state index in [2.05, 4.69) is 15.3 Å². The molecule has 0 atom stereocenters. The van der Waals surface area contributed by atoms with Gasteiger partial charge in [0.15, 0.2) is 23.1 Å². The van der Waals surface area contributed by atoms with Crippen LogP contribution in [-0.2, 0) is 0 Å². The van der Waals surface area contributed by atoms with E-state index in [1.165, 1.54) is 7.11 Å². The molecule has 2 rings (SSSR count). The van der Waals surface area contributed by atoms with E-state index in [9.17, 15) is 5.11 Å². The summed E-state index contributed by atoms with van der Waals surface area (Å²) in [5.41, 5.74) is 0.571. The number of para-hydroxylation sites is 1. The van der Waals surface area contributed by atoms with E-state index in [-0.39, 0.29) is 5.75 Å². The number of rotatable bonds is 3. The summed E-state index contributed by atoms with van der Waals surface area (Å²) in [6.07, 6.45) is 1.54. The molecule has 0 aliphatic heterocycles. The van der Waals surface area contributed by atoms with Crippen molar-refractivity contribution in [3.05, 3.63) is 35.4 Å². The molecule has 94 valence electrons. The van der Waals surface area contributed by atoms with Gasteiger partial charge < -0.3 is 9.84 Å². The quantitative estimate of drug-likeness (QED) is 0.833. The van der Waals surface area contributed by atoms with Crippen LogP contribution in [0.5, 0.6) is 11.5 Å². The van der Waals surface area contributed by atoms with Crippen LogP contribution in [0.4, 0.5) is 0 Å². The number of nitrogens with zero attached hydrogens (tertiary/aromatic N) is 4. The standard InChI is InChI=1S/C12H14N4O2/c1-8-14-15-9(2)16(8)13-7-10-5-4-6-11(18-3)12(10)17/h4-7,17H,1-3H3. The Morgan fingerprint density at radius 3 is 2.56 bits per heavy atom. The Hall–Kier alpha value is -2.37. The predicted molar refractivity (Wildman–Crippen MR) is 67.1 cm³/mol. The molecular formula is C12H14N4O2. The van der Waals surface area contributed by atoms with Crippen LogP contribution < -0.4 is 4.74 Å². The Morgan fingerprint density at radius 1 is 1.28 bits per heavy atom. The number of aromatic nitrogens is 3. The van der Waals surface area contributed by atoms with Crippen molar-refractivity contribution in [3.63, 3.8) is 0 Å². The molecule has 6 heteroatoms. The maximum atomic E-state index is 9.90. The summed E-state index contributed by atoms with van der Waals surface area (Å²) in [5.74, 6) is 1.85. The zero-order valence-electron chi connectivity index (χ0n) is 10.5. The second-order valence-corrected chi connectivity index (χ2v) is 3.75. The van der Waals surface area contributed by atoms with Crippen molar-refractivity contribution in [2.45, 2.75) is 13.8 Å². The first kappa shape index (κ1) is 12.1. The number of phenols is 1. The van der Waals surface area contributed by atoms with Crippen molar-refractivity contribution in [1.29, 1.82) is 0 Å². The van der Waals surface area contributed by atoms with Gasteiger partial charge in [0.2, 0.25) is 0 Å². The van der Waals surface area contributed by atoms with E-state index in [1.54, 1.807) is 29.1 Å². The maximum Gasteiger partial charge on any atom is 0.166 e. The molecule has 2 aromatic rings. The molecule has 0 spiro atoms. The maximum absolute atomic E-state index is 9.90. The third kappa shape index (κ3) is 2.17. The summed E-state index contributed by atoms with van der Waals surface area (Å²) in [5, 5.41) is 21.9. The number of aryl methyl sites for hydroxylation is 2. The summed E-state index contributed by atoms with van der Waals surface area (Å²) in [7, 11) is 1.50. The van der Waals surface area contributed by atoms with Crippen LogP contribution in [-0.4, -0.2) is 33.3 Å². The average molecular weight is 246 g/mol. The van der Waals surface area contributed by atoms with E-state index in [4.69, 9.17) is 4.74 Å². The van der Waals surface area contributed by atoms with Gasteiger partial charge in [-0.15, -0.1) is 10.2 Å². The number of ether oxygens (including phenoxy) is 1. The summed E-state index contributed by atoms with van der Waals surface area (Å²) >= 11 is 0. The SMILES string of the molecule is COc1cccc(C=Nn2c(C)nnc2C)c1O. The zero-order valence-corrected chi connectivity index (χ0v) is 10.5. The molecule has 18 heavy (non-hydrogen) atoms. The number of benzene rings is 1. The molecule has 1 heterocycles. The lowest BCUT2D eigenvalue weighted by Gasteiger charge is -2.05. The van der Waals surface area contributed by atoms with E-state index in [0.717, 1.165) is 0 Å². The summed E-state index contributed by atoms with van der Waals surface area (Å²) in [6, 6.07) is 5.21. The van der Waals surface area contributed by atoms with Crippen molar-refractivity contribution in [1.82, 2.24) is 14.9 Å². The Morgan fingerprint density at radius 2 is 1.94 bits per heavy atom. The van der Waals surface area contributed by atoms with E-state index >= 15 is 0 Å². The highest BCUT2D eigenvalue weighted by atomic mass is 16.5. The van der Waals surface area contributed by atoms with Gasteiger partial charge in [0.25, 0.3) is 0 Å². The fraction of sp³-hybridized carbons (Fsp3) is 0.250. The van der Waals surface area contributed by atoms with E-state index in [0.29, 0.717) is 23.0 Å². The number of phenolic OH excluding ortho intramolecular Hbond substituents is 1. The van der Waals surface area contributed by atoms with Gasteiger partial charge in [-0.25, -0.2) is 4.68 Å². The monoisotopic (exact) mass is 246 g/mol.